The predicted molar refractivity (Wildman–Crippen MR) is 192 cm³/mol. The van der Waals surface area contributed by atoms with Crippen molar-refractivity contribution in [3.63, 3.8) is 0 Å². The van der Waals surface area contributed by atoms with Gasteiger partial charge in [0.1, 0.15) is 16.7 Å². The lowest BCUT2D eigenvalue weighted by molar-refractivity contribution is -0.116. The summed E-state index contributed by atoms with van der Waals surface area (Å²) >= 11 is 1.37. The third-order valence-corrected chi connectivity index (χ3v) is 8.69. The van der Waals surface area contributed by atoms with Gasteiger partial charge in [0, 0.05) is 33.5 Å². The average Bonchev–Trinajstić information content (AvgIpc) is 3.59. The van der Waals surface area contributed by atoms with Crippen LogP contribution in [0.3, 0.4) is 0 Å². The fraction of sp³-hybridized carbons (Fsp3) is 0.0513. The summed E-state index contributed by atoms with van der Waals surface area (Å²) in [4.78, 5) is 44.4. The minimum Gasteiger partial charge on any atom is -0.497 e. The molecule has 48 heavy (non-hydrogen) atoms. The van der Waals surface area contributed by atoms with E-state index in [2.05, 4.69) is 20.9 Å². The first kappa shape index (κ1) is 31.9. The van der Waals surface area contributed by atoms with Gasteiger partial charge in [-0.05, 0) is 83.3 Å². The summed E-state index contributed by atoms with van der Waals surface area (Å²) in [6.45, 7) is 0. The van der Waals surface area contributed by atoms with Crippen LogP contribution in [-0.2, 0) is 9.59 Å². The number of rotatable bonds is 11. The van der Waals surface area contributed by atoms with Crippen molar-refractivity contribution in [2.75, 3.05) is 17.7 Å². The molecule has 0 saturated carbocycles. The van der Waals surface area contributed by atoms with Gasteiger partial charge in [0.15, 0.2) is 0 Å². The quantitative estimate of drug-likeness (QED) is 0.0836. The smallest absolute Gasteiger partial charge is 0.272 e. The highest BCUT2D eigenvalue weighted by atomic mass is 32.2. The second kappa shape index (κ2) is 15.0. The molecule has 5 aromatic carbocycles. The number of carbonyl (C=O) groups is 3. The van der Waals surface area contributed by atoms with E-state index in [9.17, 15) is 14.4 Å². The third kappa shape index (κ3) is 8.01. The van der Waals surface area contributed by atoms with Crippen LogP contribution in [0.25, 0.3) is 17.0 Å². The maximum absolute atomic E-state index is 13.7. The Morgan fingerprint density at radius 2 is 1.50 bits per heavy atom. The molecule has 8 nitrogen and oxygen atoms in total. The van der Waals surface area contributed by atoms with Gasteiger partial charge in [-0.25, -0.2) is 0 Å². The molecule has 1 atom stereocenters. The first-order valence-electron chi connectivity index (χ1n) is 15.2. The van der Waals surface area contributed by atoms with Crippen LogP contribution >= 0.6 is 11.8 Å². The monoisotopic (exact) mass is 652 g/mol. The molecule has 4 N–H and O–H groups in total. The summed E-state index contributed by atoms with van der Waals surface area (Å²) < 4.78 is 5.33. The molecule has 0 bridgehead atoms. The van der Waals surface area contributed by atoms with Crippen molar-refractivity contribution in [2.45, 2.75) is 10.1 Å². The van der Waals surface area contributed by atoms with E-state index in [1.165, 1.54) is 11.8 Å². The number of fused-ring (bicyclic) bond motifs is 1. The number of aromatic amines is 1. The molecule has 6 rings (SSSR count). The van der Waals surface area contributed by atoms with E-state index >= 15 is 0 Å². The molecular formula is C39H32N4O4S. The van der Waals surface area contributed by atoms with Crippen LogP contribution in [0.2, 0.25) is 0 Å². The number of benzene rings is 5. The molecule has 0 aliphatic carbocycles. The number of methoxy groups -OCH3 is 1. The molecule has 0 radical (unpaired) electrons. The molecule has 1 unspecified atom stereocenters. The lowest BCUT2D eigenvalue weighted by atomic mass is 10.1. The van der Waals surface area contributed by atoms with E-state index in [-0.39, 0.29) is 11.6 Å². The molecule has 6 aromatic rings. The van der Waals surface area contributed by atoms with E-state index in [0.29, 0.717) is 28.3 Å². The number of nitrogens with one attached hydrogen (secondary N) is 4. The summed E-state index contributed by atoms with van der Waals surface area (Å²) in [5, 5.41) is 9.22. The first-order valence-corrected chi connectivity index (χ1v) is 16.1. The maximum atomic E-state index is 13.7. The Morgan fingerprint density at radius 1 is 0.750 bits per heavy atom. The number of ether oxygens (including phenoxy) is 1. The molecule has 0 fully saturated rings. The Balaban J connectivity index is 1.23. The molecule has 0 saturated heterocycles. The van der Waals surface area contributed by atoms with Crippen molar-refractivity contribution < 1.29 is 19.1 Å². The molecule has 9 heteroatoms. The van der Waals surface area contributed by atoms with E-state index in [1.54, 1.807) is 67.8 Å². The molecule has 238 valence electrons. The van der Waals surface area contributed by atoms with Crippen LogP contribution in [-0.4, -0.2) is 29.8 Å². The van der Waals surface area contributed by atoms with E-state index < -0.39 is 17.1 Å². The van der Waals surface area contributed by atoms with Gasteiger partial charge in [0.2, 0.25) is 5.91 Å². The van der Waals surface area contributed by atoms with Crippen molar-refractivity contribution in [1.29, 1.82) is 0 Å². The number of carbonyl (C=O) groups excluding carboxylic acids is 3. The lowest BCUT2D eigenvalue weighted by Gasteiger charge is -2.18. The third-order valence-electron chi connectivity index (χ3n) is 7.44. The van der Waals surface area contributed by atoms with Gasteiger partial charge in [0.05, 0.1) is 7.11 Å². The highest BCUT2D eigenvalue weighted by molar-refractivity contribution is 8.00. The fourth-order valence-electron chi connectivity index (χ4n) is 5.06. The summed E-state index contributed by atoms with van der Waals surface area (Å²) in [6.07, 6.45) is 3.46. The first-order chi connectivity index (χ1) is 23.4. The zero-order chi connectivity index (χ0) is 33.3. The Labute approximate surface area is 282 Å². The average molecular weight is 653 g/mol. The van der Waals surface area contributed by atoms with Crippen LogP contribution in [0.4, 0.5) is 11.4 Å². The molecule has 3 amide bonds. The standard InChI is InChI=1S/C39H32N4O4S/c1-47-32-16-8-10-26(22-32)23-35(43-37(44)29-13-6-3-7-14-29)38(45)41-30-15-9-17-33(24-30)48-36(28-11-4-2-5-12-28)39(46)42-31-19-18-27-20-21-40-34(27)25-31/h2-25,36,40H,1H3,(H,41,45)(H,42,46)(H,43,44)/b35-23-. The molecule has 0 spiro atoms. The summed E-state index contributed by atoms with van der Waals surface area (Å²) in [5.74, 6) is -0.499. The van der Waals surface area contributed by atoms with E-state index in [4.69, 9.17) is 4.74 Å². The van der Waals surface area contributed by atoms with Gasteiger partial charge < -0.3 is 25.7 Å². The summed E-state index contributed by atoms with van der Waals surface area (Å²) in [6, 6.07) is 40.4. The van der Waals surface area contributed by atoms with Crippen molar-refractivity contribution >= 4 is 57.8 Å². The van der Waals surface area contributed by atoms with Gasteiger partial charge in [-0.1, -0.05) is 72.8 Å². The van der Waals surface area contributed by atoms with Crippen molar-refractivity contribution in [2.24, 2.45) is 0 Å². The minimum atomic E-state index is -0.579. The lowest BCUT2D eigenvalue weighted by Crippen LogP contribution is -2.30. The normalized spacial score (nSPS) is 11.8. The Kier molecular flexibility index (Phi) is 9.98. The Hall–Kier alpha value is -6.06. The number of thioether (sulfide) groups is 1. The van der Waals surface area contributed by atoms with Gasteiger partial charge in [-0.3, -0.25) is 14.4 Å². The van der Waals surface area contributed by atoms with Crippen molar-refractivity contribution in [3.8, 4) is 5.75 Å². The van der Waals surface area contributed by atoms with E-state index in [1.807, 2.05) is 85.1 Å². The predicted octanol–water partition coefficient (Wildman–Crippen LogP) is 8.06. The van der Waals surface area contributed by atoms with Gasteiger partial charge in [-0.2, -0.15) is 0 Å². The van der Waals surface area contributed by atoms with Crippen LogP contribution in [0.1, 0.15) is 26.7 Å². The van der Waals surface area contributed by atoms with Gasteiger partial charge in [0.25, 0.3) is 11.8 Å². The van der Waals surface area contributed by atoms with Crippen LogP contribution < -0.4 is 20.7 Å². The number of hydrogen-bond acceptors (Lipinski definition) is 5. The molecule has 0 aliphatic heterocycles. The van der Waals surface area contributed by atoms with E-state index in [0.717, 1.165) is 21.4 Å². The molecule has 1 heterocycles. The van der Waals surface area contributed by atoms with Crippen LogP contribution in [0.15, 0.2) is 150 Å². The van der Waals surface area contributed by atoms with Gasteiger partial charge >= 0.3 is 0 Å². The zero-order valence-corrected chi connectivity index (χ0v) is 26.8. The highest BCUT2D eigenvalue weighted by Gasteiger charge is 2.23. The number of H-pyrrole nitrogens is 1. The number of aromatic nitrogens is 1. The number of anilines is 2. The largest absolute Gasteiger partial charge is 0.497 e. The molecule has 0 aliphatic rings. The zero-order valence-electron chi connectivity index (χ0n) is 26.0. The fourth-order valence-corrected chi connectivity index (χ4v) is 6.14. The maximum Gasteiger partial charge on any atom is 0.272 e. The minimum absolute atomic E-state index is 0.0516. The number of hydrogen-bond donors (Lipinski definition) is 4. The molecule has 1 aromatic heterocycles. The number of amides is 3. The molecular weight excluding hydrogens is 621 g/mol. The van der Waals surface area contributed by atoms with Crippen LogP contribution in [0.5, 0.6) is 5.75 Å². The summed E-state index contributed by atoms with van der Waals surface area (Å²) in [5.41, 5.74) is 4.09. The van der Waals surface area contributed by atoms with Crippen molar-refractivity contribution in [1.82, 2.24) is 10.3 Å². The second-order valence-electron chi connectivity index (χ2n) is 10.8. The van der Waals surface area contributed by atoms with Gasteiger partial charge in [-0.15, -0.1) is 11.8 Å². The Bertz CT molecular complexity index is 2090. The van der Waals surface area contributed by atoms with Crippen molar-refractivity contribution in [3.05, 3.63) is 162 Å². The van der Waals surface area contributed by atoms with Crippen LogP contribution in [0, 0.1) is 0 Å². The summed E-state index contributed by atoms with van der Waals surface area (Å²) in [7, 11) is 1.56. The Morgan fingerprint density at radius 3 is 2.29 bits per heavy atom. The SMILES string of the molecule is COc1cccc(/C=C(\NC(=O)c2ccccc2)C(=O)Nc2cccc(SC(C(=O)Nc3ccc4cc[nH]c4c3)c3ccccc3)c2)c1. The second-order valence-corrected chi connectivity index (χ2v) is 12.0. The topological polar surface area (TPSA) is 112 Å². The highest BCUT2D eigenvalue weighted by Crippen LogP contribution is 2.37.